The lowest BCUT2D eigenvalue weighted by molar-refractivity contribution is 1.02. The summed E-state index contributed by atoms with van der Waals surface area (Å²) in [4.78, 5) is 12.3. The molecule has 0 aliphatic rings. The summed E-state index contributed by atoms with van der Waals surface area (Å²) < 4.78 is 0. The van der Waals surface area contributed by atoms with Crippen LogP contribution in [0, 0.1) is 13.8 Å². The molecule has 4 nitrogen and oxygen atoms in total. The molecule has 0 saturated heterocycles. The minimum absolute atomic E-state index is 0.270. The fraction of sp³-hybridized carbons (Fsp3) is 0.182. The maximum Gasteiger partial charge on any atom is 0.156 e. The molecule has 88 valence electrons. The van der Waals surface area contributed by atoms with Gasteiger partial charge in [0.1, 0.15) is 22.1 Å². The number of pyridine rings is 1. The molecule has 0 spiro atoms. The molecule has 2 aromatic rings. The average Bonchev–Trinajstić information content (AvgIpc) is 2.23. The molecule has 0 aliphatic heterocycles. The normalized spacial score (nSPS) is 10.5. The summed E-state index contributed by atoms with van der Waals surface area (Å²) in [6.45, 7) is 3.97. The summed E-state index contributed by atoms with van der Waals surface area (Å²) in [6.07, 6.45) is 1.39. The van der Waals surface area contributed by atoms with E-state index in [-0.39, 0.29) is 5.15 Å². The van der Waals surface area contributed by atoms with Crippen LogP contribution in [0.2, 0.25) is 5.15 Å². The van der Waals surface area contributed by atoms with E-state index in [4.69, 9.17) is 17.3 Å². The van der Waals surface area contributed by atoms with E-state index in [0.29, 0.717) is 10.7 Å². The van der Waals surface area contributed by atoms with Gasteiger partial charge in [0.25, 0.3) is 0 Å². The van der Waals surface area contributed by atoms with Crippen LogP contribution in [0.1, 0.15) is 11.3 Å². The van der Waals surface area contributed by atoms with Crippen molar-refractivity contribution in [3.63, 3.8) is 0 Å². The lowest BCUT2D eigenvalue weighted by Crippen LogP contribution is -1.96. The molecule has 0 saturated carbocycles. The van der Waals surface area contributed by atoms with E-state index in [0.717, 1.165) is 16.3 Å². The maximum atomic E-state index is 5.83. The lowest BCUT2D eigenvalue weighted by atomic mass is 10.3. The van der Waals surface area contributed by atoms with Crippen molar-refractivity contribution in [3.05, 3.63) is 34.9 Å². The lowest BCUT2D eigenvalue weighted by Gasteiger charge is -2.05. The fourth-order valence-corrected chi connectivity index (χ4v) is 2.52. The number of aryl methyl sites for hydroxylation is 2. The van der Waals surface area contributed by atoms with Crippen molar-refractivity contribution < 1.29 is 0 Å². The molecule has 2 rings (SSSR count). The number of nitrogen functional groups attached to an aromatic ring is 1. The van der Waals surface area contributed by atoms with Crippen LogP contribution in [-0.4, -0.2) is 15.0 Å². The van der Waals surface area contributed by atoms with Gasteiger partial charge in [-0.25, -0.2) is 15.0 Å². The maximum absolute atomic E-state index is 5.83. The van der Waals surface area contributed by atoms with Crippen molar-refractivity contribution in [2.24, 2.45) is 0 Å². The number of halogens is 1. The molecule has 0 fully saturated rings. The average molecular weight is 267 g/mol. The van der Waals surface area contributed by atoms with Crippen molar-refractivity contribution in [3.8, 4) is 0 Å². The Labute approximate surface area is 109 Å². The first kappa shape index (κ1) is 12.1. The molecule has 6 heteroatoms. The standard InChI is InChI=1S/C11H11ClN4S/c1-6-3-7(2)16-8(4-6)17-11-9(13)10(12)14-5-15-11/h3-5H,13H2,1-2H3. The second-order valence-electron chi connectivity index (χ2n) is 3.61. The van der Waals surface area contributed by atoms with Gasteiger partial charge in [0, 0.05) is 5.69 Å². The Morgan fingerprint density at radius 2 is 2.00 bits per heavy atom. The van der Waals surface area contributed by atoms with Gasteiger partial charge in [0.05, 0.1) is 0 Å². The summed E-state index contributed by atoms with van der Waals surface area (Å²) in [6, 6.07) is 3.99. The van der Waals surface area contributed by atoms with Crippen LogP contribution in [0.15, 0.2) is 28.5 Å². The number of hydrogen-bond acceptors (Lipinski definition) is 5. The highest BCUT2D eigenvalue weighted by Gasteiger charge is 2.09. The zero-order valence-electron chi connectivity index (χ0n) is 9.44. The smallest absolute Gasteiger partial charge is 0.156 e. The number of aromatic nitrogens is 3. The molecule has 0 aromatic carbocycles. The number of nitrogens with two attached hydrogens (primary N) is 1. The SMILES string of the molecule is Cc1cc(C)nc(Sc2ncnc(Cl)c2N)c1. The van der Waals surface area contributed by atoms with Gasteiger partial charge in [-0.2, -0.15) is 0 Å². The Hall–Kier alpha value is -1.33. The number of hydrogen-bond donors (Lipinski definition) is 1. The summed E-state index contributed by atoms with van der Waals surface area (Å²) in [5, 5.41) is 1.75. The highest BCUT2D eigenvalue weighted by atomic mass is 35.5. The highest BCUT2D eigenvalue weighted by molar-refractivity contribution is 7.99. The van der Waals surface area contributed by atoms with Gasteiger partial charge in [-0.05, 0) is 43.3 Å². The molecule has 2 heterocycles. The van der Waals surface area contributed by atoms with E-state index in [2.05, 4.69) is 15.0 Å². The molecule has 0 unspecified atom stereocenters. The third kappa shape index (κ3) is 2.87. The molecule has 17 heavy (non-hydrogen) atoms. The fourth-order valence-electron chi connectivity index (χ4n) is 1.40. The van der Waals surface area contributed by atoms with Gasteiger partial charge >= 0.3 is 0 Å². The highest BCUT2D eigenvalue weighted by Crippen LogP contribution is 2.32. The van der Waals surface area contributed by atoms with Crippen LogP contribution in [0.25, 0.3) is 0 Å². The first-order valence-corrected chi connectivity index (χ1v) is 6.15. The van der Waals surface area contributed by atoms with E-state index < -0.39 is 0 Å². The van der Waals surface area contributed by atoms with Crippen molar-refractivity contribution >= 4 is 29.1 Å². The van der Waals surface area contributed by atoms with Crippen LogP contribution >= 0.6 is 23.4 Å². The third-order valence-electron chi connectivity index (χ3n) is 2.07. The molecule has 0 radical (unpaired) electrons. The first-order chi connectivity index (χ1) is 8.06. The second kappa shape index (κ2) is 4.89. The molecule has 0 amide bonds. The number of anilines is 1. The minimum Gasteiger partial charge on any atom is -0.394 e. The van der Waals surface area contributed by atoms with Gasteiger partial charge < -0.3 is 5.73 Å². The van der Waals surface area contributed by atoms with Crippen molar-refractivity contribution in [2.75, 3.05) is 5.73 Å². The van der Waals surface area contributed by atoms with E-state index in [1.54, 1.807) is 0 Å². The van der Waals surface area contributed by atoms with Gasteiger partial charge in [-0.1, -0.05) is 11.6 Å². The Morgan fingerprint density at radius 3 is 2.71 bits per heavy atom. The molecule has 2 N–H and O–H groups in total. The minimum atomic E-state index is 0.270. The largest absolute Gasteiger partial charge is 0.394 e. The first-order valence-electron chi connectivity index (χ1n) is 4.95. The quantitative estimate of drug-likeness (QED) is 0.847. The van der Waals surface area contributed by atoms with Gasteiger partial charge in [-0.15, -0.1) is 0 Å². The van der Waals surface area contributed by atoms with Gasteiger partial charge in [0.15, 0.2) is 5.15 Å². The van der Waals surface area contributed by atoms with E-state index >= 15 is 0 Å². The molecule has 2 aromatic heterocycles. The van der Waals surface area contributed by atoms with Crippen molar-refractivity contribution in [2.45, 2.75) is 23.9 Å². The predicted molar refractivity (Wildman–Crippen MR) is 69.3 cm³/mol. The van der Waals surface area contributed by atoms with E-state index in [1.165, 1.54) is 18.1 Å². The Kier molecular flexibility index (Phi) is 3.49. The molecule has 0 bridgehead atoms. The van der Waals surface area contributed by atoms with Crippen LogP contribution in [0.4, 0.5) is 5.69 Å². The summed E-state index contributed by atoms with van der Waals surface area (Å²) in [5.74, 6) is 0. The van der Waals surface area contributed by atoms with Gasteiger partial charge in [0.2, 0.25) is 0 Å². The van der Waals surface area contributed by atoms with Crippen LogP contribution in [0.5, 0.6) is 0 Å². The summed E-state index contributed by atoms with van der Waals surface area (Å²) in [5.41, 5.74) is 8.31. The van der Waals surface area contributed by atoms with Crippen LogP contribution in [0.3, 0.4) is 0 Å². The van der Waals surface area contributed by atoms with Gasteiger partial charge in [-0.3, -0.25) is 0 Å². The summed E-state index contributed by atoms with van der Waals surface area (Å²) in [7, 11) is 0. The molecular weight excluding hydrogens is 256 g/mol. The van der Waals surface area contributed by atoms with Crippen LogP contribution < -0.4 is 5.73 Å². The second-order valence-corrected chi connectivity index (χ2v) is 4.98. The Bertz CT molecular complexity index is 539. The number of rotatable bonds is 2. The monoisotopic (exact) mass is 266 g/mol. The van der Waals surface area contributed by atoms with E-state index in [9.17, 15) is 0 Å². The topological polar surface area (TPSA) is 64.7 Å². The molecular formula is C11H11ClN4S. The van der Waals surface area contributed by atoms with Crippen molar-refractivity contribution in [1.29, 1.82) is 0 Å². The predicted octanol–water partition coefficient (Wildman–Crippen LogP) is 2.88. The Morgan fingerprint density at radius 1 is 1.24 bits per heavy atom. The third-order valence-corrected chi connectivity index (χ3v) is 3.31. The van der Waals surface area contributed by atoms with Crippen molar-refractivity contribution in [1.82, 2.24) is 15.0 Å². The zero-order chi connectivity index (χ0) is 12.4. The number of nitrogens with zero attached hydrogens (tertiary/aromatic N) is 3. The van der Waals surface area contributed by atoms with E-state index in [1.807, 2.05) is 26.0 Å². The van der Waals surface area contributed by atoms with Crippen LogP contribution in [-0.2, 0) is 0 Å². The zero-order valence-corrected chi connectivity index (χ0v) is 11.0. The Balaban J connectivity index is 2.34. The molecule has 0 atom stereocenters. The molecule has 0 aliphatic carbocycles. The summed E-state index contributed by atoms with van der Waals surface area (Å²) >= 11 is 7.22.